The molecule has 126 valence electrons. The number of hydrogen-bond donors (Lipinski definition) is 2. The van der Waals surface area contributed by atoms with E-state index in [1.807, 2.05) is 0 Å². The molecule has 8 heteroatoms. The lowest BCUT2D eigenvalue weighted by molar-refractivity contribution is -0.130. The van der Waals surface area contributed by atoms with E-state index >= 15 is 0 Å². The fourth-order valence-electron chi connectivity index (χ4n) is 2.08. The highest BCUT2D eigenvalue weighted by atomic mass is 32.2. The van der Waals surface area contributed by atoms with Crippen LogP contribution in [0.5, 0.6) is 0 Å². The van der Waals surface area contributed by atoms with Crippen LogP contribution in [0.3, 0.4) is 0 Å². The Morgan fingerprint density at radius 3 is 2.30 bits per heavy atom. The summed E-state index contributed by atoms with van der Waals surface area (Å²) in [6.45, 7) is 1.20. The molecule has 0 heterocycles. The lowest BCUT2D eigenvalue weighted by atomic mass is 10.2. The third-order valence-corrected chi connectivity index (χ3v) is 5.19. The van der Waals surface area contributed by atoms with E-state index in [4.69, 9.17) is 0 Å². The van der Waals surface area contributed by atoms with Crippen molar-refractivity contribution in [3.8, 4) is 0 Å². The molecular formula is C15H20N2O5S. The molecule has 1 amide bonds. The largest absolute Gasteiger partial charge is 0.388 e. The number of hydrogen-bond acceptors (Lipinski definition) is 5. The number of likely N-dealkylation sites (N-methyl/N-ethyl adjacent to an activating group) is 1. The van der Waals surface area contributed by atoms with Crippen LogP contribution in [0.2, 0.25) is 0 Å². The van der Waals surface area contributed by atoms with E-state index in [2.05, 4.69) is 4.72 Å². The van der Waals surface area contributed by atoms with Crippen molar-refractivity contribution in [2.45, 2.75) is 30.3 Å². The molecule has 1 saturated carbocycles. The number of aliphatic hydroxyl groups is 1. The number of sulfonamides is 1. The van der Waals surface area contributed by atoms with Crippen LogP contribution in [0, 0.1) is 0 Å². The highest BCUT2D eigenvalue weighted by molar-refractivity contribution is 7.89. The van der Waals surface area contributed by atoms with E-state index in [-0.39, 0.29) is 23.8 Å². The standard InChI is InChI=1S/C15H20N2O5S/c1-11(18)12-3-5-13(6-4-12)23(21,22)16-9-14(19)17(2)10-15(20)7-8-15/h3-6,16,20H,7-10H2,1-2H3. The molecule has 23 heavy (non-hydrogen) atoms. The van der Waals surface area contributed by atoms with Gasteiger partial charge in [-0.3, -0.25) is 9.59 Å². The van der Waals surface area contributed by atoms with E-state index in [1.165, 1.54) is 43.1 Å². The first-order valence-corrected chi connectivity index (χ1v) is 8.68. The molecule has 0 saturated heterocycles. The van der Waals surface area contributed by atoms with Gasteiger partial charge in [0.25, 0.3) is 0 Å². The molecule has 0 aliphatic heterocycles. The molecule has 7 nitrogen and oxygen atoms in total. The summed E-state index contributed by atoms with van der Waals surface area (Å²) in [7, 11) is -2.31. The second-order valence-electron chi connectivity index (χ2n) is 5.88. The van der Waals surface area contributed by atoms with Gasteiger partial charge in [0.05, 0.1) is 17.0 Å². The van der Waals surface area contributed by atoms with Gasteiger partial charge in [0.2, 0.25) is 15.9 Å². The summed E-state index contributed by atoms with van der Waals surface area (Å²) in [6, 6.07) is 5.49. The Bertz CT molecular complexity index is 708. The van der Waals surface area contributed by atoms with Crippen LogP contribution in [0.4, 0.5) is 0 Å². The maximum absolute atomic E-state index is 12.1. The molecule has 1 aliphatic carbocycles. The molecule has 0 atom stereocenters. The minimum atomic E-state index is -3.83. The van der Waals surface area contributed by atoms with Crippen LogP contribution in [0.25, 0.3) is 0 Å². The Labute approximate surface area is 135 Å². The highest BCUT2D eigenvalue weighted by Crippen LogP contribution is 2.35. The van der Waals surface area contributed by atoms with Gasteiger partial charge in [-0.05, 0) is 31.9 Å². The van der Waals surface area contributed by atoms with Crippen LogP contribution in [-0.4, -0.2) is 55.9 Å². The minimum absolute atomic E-state index is 0.0150. The number of carbonyl (C=O) groups is 2. The lowest BCUT2D eigenvalue weighted by Crippen LogP contribution is -2.41. The number of rotatable bonds is 7. The molecule has 0 bridgehead atoms. The molecule has 1 aromatic carbocycles. The number of Topliss-reactive ketones (excluding diaryl/α,β-unsaturated/α-hetero) is 1. The topological polar surface area (TPSA) is 104 Å². The normalized spacial score (nSPS) is 16.0. The van der Waals surface area contributed by atoms with Crippen molar-refractivity contribution in [2.75, 3.05) is 20.1 Å². The third-order valence-electron chi connectivity index (χ3n) is 3.77. The van der Waals surface area contributed by atoms with Crippen molar-refractivity contribution < 1.29 is 23.1 Å². The maximum atomic E-state index is 12.1. The molecule has 1 aromatic rings. The van der Waals surface area contributed by atoms with Crippen LogP contribution < -0.4 is 4.72 Å². The van der Waals surface area contributed by atoms with E-state index in [9.17, 15) is 23.1 Å². The Kier molecular flexibility index (Phi) is 4.88. The summed E-state index contributed by atoms with van der Waals surface area (Å²) in [4.78, 5) is 24.4. The number of nitrogens with zero attached hydrogens (tertiary/aromatic N) is 1. The maximum Gasteiger partial charge on any atom is 0.241 e. The van der Waals surface area contributed by atoms with Crippen molar-refractivity contribution in [1.82, 2.24) is 9.62 Å². The van der Waals surface area contributed by atoms with E-state index in [1.54, 1.807) is 0 Å². The fourth-order valence-corrected chi connectivity index (χ4v) is 3.05. The lowest BCUT2D eigenvalue weighted by Gasteiger charge is -2.20. The molecule has 0 unspecified atom stereocenters. The van der Waals surface area contributed by atoms with Gasteiger partial charge in [0.1, 0.15) is 0 Å². The Balaban J connectivity index is 1.95. The van der Waals surface area contributed by atoms with E-state index < -0.39 is 21.5 Å². The van der Waals surface area contributed by atoms with Crippen molar-refractivity contribution >= 4 is 21.7 Å². The van der Waals surface area contributed by atoms with E-state index in [0.717, 1.165) is 0 Å². The van der Waals surface area contributed by atoms with Crippen molar-refractivity contribution in [1.29, 1.82) is 0 Å². The predicted molar refractivity (Wildman–Crippen MR) is 83.5 cm³/mol. The summed E-state index contributed by atoms with van der Waals surface area (Å²) in [6.07, 6.45) is 1.30. The van der Waals surface area contributed by atoms with Crippen LogP contribution >= 0.6 is 0 Å². The molecule has 0 spiro atoms. The molecule has 0 aromatic heterocycles. The zero-order chi connectivity index (χ0) is 17.3. The summed E-state index contributed by atoms with van der Waals surface area (Å²) in [5.41, 5.74) is -0.399. The zero-order valence-electron chi connectivity index (χ0n) is 13.1. The molecule has 0 radical (unpaired) electrons. The van der Waals surface area contributed by atoms with Crippen LogP contribution in [0.1, 0.15) is 30.1 Å². The average molecular weight is 340 g/mol. The van der Waals surface area contributed by atoms with Gasteiger partial charge in [-0.1, -0.05) is 12.1 Å². The van der Waals surface area contributed by atoms with Gasteiger partial charge in [0.15, 0.2) is 5.78 Å². The highest BCUT2D eigenvalue weighted by Gasteiger charge is 2.42. The summed E-state index contributed by atoms with van der Waals surface area (Å²) in [5.74, 6) is -0.578. The average Bonchev–Trinajstić information content (AvgIpc) is 3.22. The van der Waals surface area contributed by atoms with Crippen LogP contribution in [-0.2, 0) is 14.8 Å². The second-order valence-corrected chi connectivity index (χ2v) is 7.65. The van der Waals surface area contributed by atoms with Gasteiger partial charge in [-0.2, -0.15) is 0 Å². The predicted octanol–water partition coefficient (Wildman–Crippen LogP) is 0.151. The first-order chi connectivity index (χ1) is 10.6. The number of nitrogens with one attached hydrogen (secondary N) is 1. The molecule has 2 rings (SSSR count). The number of benzene rings is 1. The summed E-state index contributed by atoms with van der Waals surface area (Å²) < 4.78 is 26.5. The Morgan fingerprint density at radius 2 is 1.83 bits per heavy atom. The first-order valence-electron chi connectivity index (χ1n) is 7.20. The summed E-state index contributed by atoms with van der Waals surface area (Å²) >= 11 is 0. The Hall–Kier alpha value is -1.77. The zero-order valence-corrected chi connectivity index (χ0v) is 13.9. The van der Waals surface area contributed by atoms with Crippen molar-refractivity contribution in [2.24, 2.45) is 0 Å². The second kappa shape index (κ2) is 6.38. The van der Waals surface area contributed by atoms with Gasteiger partial charge in [-0.15, -0.1) is 0 Å². The smallest absolute Gasteiger partial charge is 0.241 e. The number of amides is 1. The molecule has 1 fully saturated rings. The number of carbonyl (C=O) groups excluding carboxylic acids is 2. The molecular weight excluding hydrogens is 320 g/mol. The van der Waals surface area contributed by atoms with Crippen molar-refractivity contribution in [3.05, 3.63) is 29.8 Å². The molecule has 2 N–H and O–H groups in total. The Morgan fingerprint density at radius 1 is 1.26 bits per heavy atom. The SMILES string of the molecule is CC(=O)c1ccc(S(=O)(=O)NCC(=O)N(C)CC2(O)CC2)cc1. The summed E-state index contributed by atoms with van der Waals surface area (Å²) in [5, 5.41) is 9.76. The quantitative estimate of drug-likeness (QED) is 0.688. The third kappa shape index (κ3) is 4.60. The van der Waals surface area contributed by atoms with Gasteiger partial charge in [0, 0.05) is 19.2 Å². The minimum Gasteiger partial charge on any atom is -0.388 e. The van der Waals surface area contributed by atoms with Crippen molar-refractivity contribution in [3.63, 3.8) is 0 Å². The van der Waals surface area contributed by atoms with E-state index in [0.29, 0.717) is 18.4 Å². The van der Waals surface area contributed by atoms with Gasteiger partial charge in [-0.25, -0.2) is 13.1 Å². The monoisotopic (exact) mass is 340 g/mol. The van der Waals surface area contributed by atoms with Crippen LogP contribution in [0.15, 0.2) is 29.2 Å². The fraction of sp³-hybridized carbons (Fsp3) is 0.467. The number of ketones is 1. The van der Waals surface area contributed by atoms with Gasteiger partial charge < -0.3 is 10.0 Å². The molecule has 1 aliphatic rings. The first kappa shape index (κ1) is 17.6. The van der Waals surface area contributed by atoms with Gasteiger partial charge >= 0.3 is 0 Å².